The van der Waals surface area contributed by atoms with Crippen molar-refractivity contribution >= 4 is 17.4 Å². The number of nitrogen functional groups attached to an aromatic ring is 1. The van der Waals surface area contributed by atoms with Gasteiger partial charge in [0.15, 0.2) is 0 Å². The topological polar surface area (TPSA) is 77.2 Å². The predicted octanol–water partition coefficient (Wildman–Crippen LogP) is 2.06. The number of benzene rings is 1. The highest BCUT2D eigenvalue weighted by atomic mass is 19.1. The average Bonchev–Trinajstić information content (AvgIpc) is 2.38. The van der Waals surface area contributed by atoms with Gasteiger partial charge in [-0.25, -0.2) is 4.98 Å². The quantitative estimate of drug-likeness (QED) is 0.655. The summed E-state index contributed by atoms with van der Waals surface area (Å²) < 4.78 is 17.9. The van der Waals surface area contributed by atoms with Crippen LogP contribution in [-0.2, 0) is 0 Å². The van der Waals surface area contributed by atoms with Crippen molar-refractivity contribution in [3.8, 4) is 5.75 Å². The molecule has 98 valence electrons. The summed E-state index contributed by atoms with van der Waals surface area (Å²) in [7, 11) is 1.51. The fraction of sp³-hybridized carbons (Fsp3) is 0.0769. The number of carbonyl (C=O) groups is 1. The van der Waals surface area contributed by atoms with Crippen molar-refractivity contribution in [1.29, 1.82) is 0 Å². The predicted molar refractivity (Wildman–Crippen MR) is 69.6 cm³/mol. The third-order valence-corrected chi connectivity index (χ3v) is 2.46. The van der Waals surface area contributed by atoms with Gasteiger partial charge in [0, 0.05) is 11.8 Å². The maximum atomic E-state index is 12.9. The first-order chi connectivity index (χ1) is 9.10. The number of anilines is 2. The second-order valence-electron chi connectivity index (χ2n) is 3.75. The van der Waals surface area contributed by atoms with E-state index in [0.717, 1.165) is 0 Å². The Labute approximate surface area is 109 Å². The normalized spacial score (nSPS) is 10.0. The smallest absolute Gasteiger partial charge is 0.258 e. The Bertz CT molecular complexity index is 617. The number of nitrogens with two attached hydrogens (primary N) is 1. The van der Waals surface area contributed by atoms with Crippen LogP contribution in [0.3, 0.4) is 0 Å². The summed E-state index contributed by atoms with van der Waals surface area (Å²) >= 11 is 0. The highest BCUT2D eigenvalue weighted by Gasteiger charge is 2.11. The number of hydrogen-bond donors (Lipinski definition) is 2. The van der Waals surface area contributed by atoms with Gasteiger partial charge in [0.25, 0.3) is 5.91 Å². The molecule has 5 nitrogen and oxygen atoms in total. The maximum absolute atomic E-state index is 12.9. The number of hydrogen-bond acceptors (Lipinski definition) is 4. The molecule has 1 aromatic carbocycles. The van der Waals surface area contributed by atoms with Gasteiger partial charge < -0.3 is 15.8 Å². The molecule has 6 heteroatoms. The Hall–Kier alpha value is -2.63. The van der Waals surface area contributed by atoms with Gasteiger partial charge >= 0.3 is 0 Å². The molecule has 19 heavy (non-hydrogen) atoms. The zero-order chi connectivity index (χ0) is 13.8. The first kappa shape index (κ1) is 12.8. The molecular weight excluding hydrogens is 249 g/mol. The minimum absolute atomic E-state index is 0.125. The zero-order valence-electron chi connectivity index (χ0n) is 10.2. The molecule has 0 aliphatic carbocycles. The molecule has 0 radical (unpaired) electrons. The lowest BCUT2D eigenvalue weighted by atomic mass is 10.1. The Balaban J connectivity index is 2.20. The van der Waals surface area contributed by atoms with E-state index < -0.39 is 11.9 Å². The van der Waals surface area contributed by atoms with Gasteiger partial charge in [-0.1, -0.05) is 6.07 Å². The van der Waals surface area contributed by atoms with Gasteiger partial charge in [-0.15, -0.1) is 0 Å². The lowest BCUT2D eigenvalue weighted by molar-refractivity contribution is 0.102. The first-order valence-electron chi connectivity index (χ1n) is 5.47. The van der Waals surface area contributed by atoms with Crippen molar-refractivity contribution in [2.75, 3.05) is 18.2 Å². The van der Waals surface area contributed by atoms with Crippen LogP contribution >= 0.6 is 0 Å². The van der Waals surface area contributed by atoms with Crippen LogP contribution in [0.4, 0.5) is 15.9 Å². The third-order valence-electron chi connectivity index (χ3n) is 2.46. The van der Waals surface area contributed by atoms with Crippen molar-refractivity contribution in [2.24, 2.45) is 0 Å². The number of nitrogens with zero attached hydrogens (tertiary/aromatic N) is 1. The number of carbonyl (C=O) groups excluding carboxylic acids is 1. The van der Waals surface area contributed by atoms with E-state index in [4.69, 9.17) is 10.5 Å². The van der Waals surface area contributed by atoms with E-state index in [1.54, 1.807) is 6.07 Å². The van der Waals surface area contributed by atoms with Gasteiger partial charge in [-0.3, -0.25) is 4.79 Å². The van der Waals surface area contributed by atoms with Crippen LogP contribution in [0.15, 0.2) is 36.4 Å². The minimum atomic E-state index is -0.666. The standard InChI is InChI=1S/C13H12FN3O2/c1-19-8-5-6-9(10(15)7-8)13(18)17-12-4-2-3-11(14)16-12/h2-7H,15H2,1H3,(H,16,17,18). The Morgan fingerprint density at radius 3 is 2.79 bits per heavy atom. The van der Waals surface area contributed by atoms with Crippen molar-refractivity contribution < 1.29 is 13.9 Å². The summed E-state index contributed by atoms with van der Waals surface area (Å²) in [5.41, 5.74) is 6.29. The monoisotopic (exact) mass is 261 g/mol. The Morgan fingerprint density at radius 2 is 2.16 bits per heavy atom. The zero-order valence-corrected chi connectivity index (χ0v) is 10.2. The Kier molecular flexibility index (Phi) is 3.61. The average molecular weight is 261 g/mol. The largest absolute Gasteiger partial charge is 0.497 e. The van der Waals surface area contributed by atoms with E-state index >= 15 is 0 Å². The molecule has 1 heterocycles. The third kappa shape index (κ3) is 2.98. The number of methoxy groups -OCH3 is 1. The molecule has 0 saturated heterocycles. The molecule has 0 spiro atoms. The van der Waals surface area contributed by atoms with E-state index in [0.29, 0.717) is 5.75 Å². The van der Waals surface area contributed by atoms with Crippen molar-refractivity contribution in [1.82, 2.24) is 4.98 Å². The fourth-order valence-corrected chi connectivity index (χ4v) is 1.54. The maximum Gasteiger partial charge on any atom is 0.258 e. The fourth-order valence-electron chi connectivity index (χ4n) is 1.54. The van der Waals surface area contributed by atoms with Crippen molar-refractivity contribution in [3.63, 3.8) is 0 Å². The highest BCUT2D eigenvalue weighted by molar-refractivity contribution is 6.07. The molecular formula is C13H12FN3O2. The molecule has 0 unspecified atom stereocenters. The number of halogens is 1. The summed E-state index contributed by atoms with van der Waals surface area (Å²) in [5, 5.41) is 2.47. The lowest BCUT2D eigenvalue weighted by Gasteiger charge is -2.08. The molecule has 1 amide bonds. The lowest BCUT2D eigenvalue weighted by Crippen LogP contribution is -2.15. The van der Waals surface area contributed by atoms with Crippen LogP contribution in [0.5, 0.6) is 5.75 Å². The molecule has 0 aliphatic rings. The van der Waals surface area contributed by atoms with E-state index in [2.05, 4.69) is 10.3 Å². The van der Waals surface area contributed by atoms with Crippen molar-refractivity contribution in [3.05, 3.63) is 47.9 Å². The van der Waals surface area contributed by atoms with Crippen LogP contribution in [0.2, 0.25) is 0 Å². The molecule has 0 fully saturated rings. The number of pyridine rings is 1. The number of aromatic nitrogens is 1. The Morgan fingerprint density at radius 1 is 1.37 bits per heavy atom. The van der Waals surface area contributed by atoms with Crippen LogP contribution in [-0.4, -0.2) is 18.0 Å². The van der Waals surface area contributed by atoms with Gasteiger partial charge in [-0.2, -0.15) is 4.39 Å². The molecule has 0 saturated carbocycles. The number of ether oxygens (including phenoxy) is 1. The summed E-state index contributed by atoms with van der Waals surface area (Å²) in [4.78, 5) is 15.5. The summed E-state index contributed by atoms with van der Waals surface area (Å²) in [6, 6.07) is 8.81. The first-order valence-corrected chi connectivity index (χ1v) is 5.47. The molecule has 2 rings (SSSR count). The second-order valence-corrected chi connectivity index (χ2v) is 3.75. The molecule has 2 aromatic rings. The van der Waals surface area contributed by atoms with Crippen LogP contribution in [0.25, 0.3) is 0 Å². The van der Waals surface area contributed by atoms with Crippen LogP contribution in [0, 0.1) is 5.95 Å². The van der Waals surface area contributed by atoms with Gasteiger partial charge in [-0.05, 0) is 24.3 Å². The summed E-state index contributed by atoms with van der Waals surface area (Å²) in [6.45, 7) is 0. The molecule has 0 bridgehead atoms. The van der Waals surface area contributed by atoms with Crippen LogP contribution in [0.1, 0.15) is 10.4 Å². The van der Waals surface area contributed by atoms with Gasteiger partial charge in [0.2, 0.25) is 5.95 Å². The summed E-state index contributed by atoms with van der Waals surface area (Å²) in [6.07, 6.45) is 0. The van der Waals surface area contributed by atoms with Crippen LogP contribution < -0.4 is 15.8 Å². The number of amides is 1. The minimum Gasteiger partial charge on any atom is -0.497 e. The van der Waals surface area contributed by atoms with Gasteiger partial charge in [0.1, 0.15) is 11.6 Å². The number of nitrogens with one attached hydrogen (secondary N) is 1. The van der Waals surface area contributed by atoms with E-state index in [1.165, 1.54) is 37.4 Å². The second kappa shape index (κ2) is 5.34. The molecule has 1 aromatic heterocycles. The number of rotatable bonds is 3. The van der Waals surface area contributed by atoms with Gasteiger partial charge in [0.05, 0.1) is 12.7 Å². The highest BCUT2D eigenvalue weighted by Crippen LogP contribution is 2.20. The van der Waals surface area contributed by atoms with E-state index in [1.807, 2.05) is 0 Å². The molecule has 0 aliphatic heterocycles. The van der Waals surface area contributed by atoms with Crippen molar-refractivity contribution in [2.45, 2.75) is 0 Å². The van der Waals surface area contributed by atoms with E-state index in [9.17, 15) is 9.18 Å². The summed E-state index contributed by atoms with van der Waals surface area (Å²) in [5.74, 6) is -0.447. The molecule has 0 atom stereocenters. The molecule has 3 N–H and O–H groups in total. The SMILES string of the molecule is COc1ccc(C(=O)Nc2cccc(F)n2)c(N)c1. The van der Waals surface area contributed by atoms with E-state index in [-0.39, 0.29) is 17.1 Å².